The van der Waals surface area contributed by atoms with Crippen molar-refractivity contribution in [2.75, 3.05) is 18.6 Å². The number of benzene rings is 1. The first-order chi connectivity index (χ1) is 8.08. The van der Waals surface area contributed by atoms with E-state index in [1.54, 1.807) is 0 Å². The van der Waals surface area contributed by atoms with Crippen LogP contribution in [-0.4, -0.2) is 27.0 Å². The summed E-state index contributed by atoms with van der Waals surface area (Å²) >= 11 is 1.82. The van der Waals surface area contributed by atoms with Gasteiger partial charge in [0.05, 0.1) is 12.9 Å². The number of hydrogen-bond acceptors (Lipinski definition) is 4. The molecule has 0 amide bonds. The molecular weight excluding hydrogens is 256 g/mol. The molecule has 0 aliphatic rings. The van der Waals surface area contributed by atoms with Crippen molar-refractivity contribution in [2.24, 2.45) is 0 Å². The molecule has 96 valence electrons. The van der Waals surface area contributed by atoms with Gasteiger partial charge < -0.3 is 0 Å². The summed E-state index contributed by atoms with van der Waals surface area (Å²) in [5.74, 6) is 1.06. The van der Waals surface area contributed by atoms with E-state index >= 15 is 0 Å². The second kappa shape index (κ2) is 7.74. The van der Waals surface area contributed by atoms with E-state index < -0.39 is 10.1 Å². The van der Waals surface area contributed by atoms with Gasteiger partial charge >= 0.3 is 0 Å². The fraction of sp³-hybridized carbons (Fsp3) is 0.500. The van der Waals surface area contributed by atoms with Crippen molar-refractivity contribution in [3.05, 3.63) is 30.3 Å². The first kappa shape index (κ1) is 14.5. The lowest BCUT2D eigenvalue weighted by Gasteiger charge is -2.02. The SMILES string of the molecule is CS(=O)(=O)OCCCCCSc1ccccc1. The monoisotopic (exact) mass is 274 g/mol. The minimum atomic E-state index is -3.27. The molecule has 0 aromatic heterocycles. The molecule has 0 atom stereocenters. The second-order valence-electron chi connectivity index (χ2n) is 3.75. The Morgan fingerprint density at radius 3 is 2.47 bits per heavy atom. The Hall–Kier alpha value is -0.520. The molecule has 0 aliphatic carbocycles. The van der Waals surface area contributed by atoms with Crippen LogP contribution in [0.1, 0.15) is 19.3 Å². The zero-order valence-electron chi connectivity index (χ0n) is 9.96. The Balaban J connectivity index is 1.99. The van der Waals surface area contributed by atoms with Gasteiger partial charge in [0.25, 0.3) is 10.1 Å². The molecule has 0 spiro atoms. The van der Waals surface area contributed by atoms with Crippen molar-refractivity contribution in [1.82, 2.24) is 0 Å². The molecule has 0 saturated carbocycles. The average molecular weight is 274 g/mol. The maximum atomic E-state index is 10.7. The van der Waals surface area contributed by atoms with Crippen LogP contribution < -0.4 is 0 Å². The van der Waals surface area contributed by atoms with E-state index in [9.17, 15) is 8.42 Å². The highest BCUT2D eigenvalue weighted by Gasteiger charge is 2.00. The van der Waals surface area contributed by atoms with E-state index in [2.05, 4.69) is 16.3 Å². The number of thioether (sulfide) groups is 1. The third-order valence-corrected chi connectivity index (χ3v) is 3.79. The Bertz CT molecular complexity index is 401. The fourth-order valence-electron chi connectivity index (χ4n) is 1.30. The molecular formula is C12H18O3S2. The Morgan fingerprint density at radius 1 is 1.12 bits per heavy atom. The second-order valence-corrected chi connectivity index (χ2v) is 6.56. The lowest BCUT2D eigenvalue weighted by Crippen LogP contribution is -2.03. The summed E-state index contributed by atoms with van der Waals surface area (Å²) in [6.07, 6.45) is 3.95. The highest BCUT2D eigenvalue weighted by molar-refractivity contribution is 7.99. The van der Waals surface area contributed by atoms with E-state index in [1.807, 2.05) is 30.0 Å². The molecule has 0 bridgehead atoms. The van der Waals surface area contributed by atoms with Crippen molar-refractivity contribution in [1.29, 1.82) is 0 Å². The summed E-state index contributed by atoms with van der Waals surface area (Å²) in [5, 5.41) is 0. The minimum Gasteiger partial charge on any atom is -0.270 e. The van der Waals surface area contributed by atoms with E-state index in [-0.39, 0.29) is 0 Å². The lowest BCUT2D eigenvalue weighted by atomic mass is 10.3. The molecule has 0 radical (unpaired) electrons. The van der Waals surface area contributed by atoms with Crippen LogP contribution in [0.15, 0.2) is 35.2 Å². The van der Waals surface area contributed by atoms with Gasteiger partial charge in [-0.1, -0.05) is 24.6 Å². The first-order valence-corrected chi connectivity index (χ1v) is 8.40. The van der Waals surface area contributed by atoms with Crippen molar-refractivity contribution in [3.8, 4) is 0 Å². The quantitative estimate of drug-likeness (QED) is 0.415. The molecule has 17 heavy (non-hydrogen) atoms. The summed E-state index contributed by atoms with van der Waals surface area (Å²) in [5.41, 5.74) is 0. The molecule has 5 heteroatoms. The third-order valence-electron chi connectivity index (χ3n) is 2.10. The van der Waals surface area contributed by atoms with Crippen LogP contribution in [-0.2, 0) is 14.3 Å². The van der Waals surface area contributed by atoms with Gasteiger partial charge in [-0.25, -0.2) is 0 Å². The van der Waals surface area contributed by atoms with Gasteiger partial charge in [0.15, 0.2) is 0 Å². The van der Waals surface area contributed by atoms with Crippen LogP contribution in [0.4, 0.5) is 0 Å². The third kappa shape index (κ3) is 8.24. The molecule has 1 aromatic carbocycles. The van der Waals surface area contributed by atoms with Gasteiger partial charge in [-0.2, -0.15) is 8.42 Å². The number of unbranched alkanes of at least 4 members (excludes halogenated alkanes) is 2. The zero-order chi connectivity index (χ0) is 12.6. The summed E-state index contributed by atoms with van der Waals surface area (Å²) in [7, 11) is -3.27. The van der Waals surface area contributed by atoms with Gasteiger partial charge in [0.2, 0.25) is 0 Å². The van der Waals surface area contributed by atoms with Crippen molar-refractivity contribution in [2.45, 2.75) is 24.2 Å². The van der Waals surface area contributed by atoms with Crippen LogP contribution in [0, 0.1) is 0 Å². The maximum Gasteiger partial charge on any atom is 0.264 e. The standard InChI is InChI=1S/C12H18O3S2/c1-17(13,14)15-10-6-3-7-11-16-12-8-4-2-5-9-12/h2,4-5,8-9H,3,6-7,10-11H2,1H3. The van der Waals surface area contributed by atoms with Gasteiger partial charge in [0.1, 0.15) is 0 Å². The van der Waals surface area contributed by atoms with Crippen molar-refractivity contribution < 1.29 is 12.6 Å². The zero-order valence-corrected chi connectivity index (χ0v) is 11.6. The summed E-state index contributed by atoms with van der Waals surface area (Å²) < 4.78 is 26.0. The summed E-state index contributed by atoms with van der Waals surface area (Å²) in [6.45, 7) is 0.300. The normalized spacial score (nSPS) is 11.6. The van der Waals surface area contributed by atoms with E-state index in [0.717, 1.165) is 31.3 Å². The summed E-state index contributed by atoms with van der Waals surface area (Å²) in [4.78, 5) is 1.28. The van der Waals surface area contributed by atoms with E-state index in [4.69, 9.17) is 0 Å². The van der Waals surface area contributed by atoms with Crippen LogP contribution >= 0.6 is 11.8 Å². The smallest absolute Gasteiger partial charge is 0.264 e. The highest BCUT2D eigenvalue weighted by atomic mass is 32.2. The minimum absolute atomic E-state index is 0.300. The molecule has 0 heterocycles. The number of rotatable bonds is 8. The van der Waals surface area contributed by atoms with Crippen LogP contribution in [0.25, 0.3) is 0 Å². The molecule has 0 N–H and O–H groups in total. The van der Waals surface area contributed by atoms with Gasteiger partial charge in [-0.3, -0.25) is 4.18 Å². The fourth-order valence-corrected chi connectivity index (χ4v) is 2.65. The van der Waals surface area contributed by atoms with Crippen molar-refractivity contribution in [3.63, 3.8) is 0 Å². The predicted molar refractivity (Wildman–Crippen MR) is 71.8 cm³/mol. The molecule has 0 fully saturated rings. The predicted octanol–water partition coefficient (Wildman–Crippen LogP) is 2.93. The Labute approximate surface area is 108 Å². The maximum absolute atomic E-state index is 10.7. The highest BCUT2D eigenvalue weighted by Crippen LogP contribution is 2.18. The van der Waals surface area contributed by atoms with E-state index in [1.165, 1.54) is 4.90 Å². The first-order valence-electron chi connectivity index (χ1n) is 5.60. The molecule has 1 rings (SSSR count). The number of hydrogen-bond donors (Lipinski definition) is 0. The lowest BCUT2D eigenvalue weighted by molar-refractivity contribution is 0.311. The summed E-state index contributed by atoms with van der Waals surface area (Å²) in [6, 6.07) is 10.3. The van der Waals surface area contributed by atoms with Gasteiger partial charge in [0, 0.05) is 4.90 Å². The average Bonchev–Trinajstić information content (AvgIpc) is 2.28. The molecule has 0 unspecified atom stereocenters. The largest absolute Gasteiger partial charge is 0.270 e. The van der Waals surface area contributed by atoms with Crippen molar-refractivity contribution >= 4 is 21.9 Å². The molecule has 1 aromatic rings. The van der Waals surface area contributed by atoms with Crippen LogP contribution in [0.3, 0.4) is 0 Å². The van der Waals surface area contributed by atoms with E-state index in [0.29, 0.717) is 6.61 Å². The Kier molecular flexibility index (Phi) is 6.62. The molecule has 0 saturated heterocycles. The van der Waals surface area contributed by atoms with Crippen LogP contribution in [0.5, 0.6) is 0 Å². The molecule has 3 nitrogen and oxygen atoms in total. The van der Waals surface area contributed by atoms with Crippen LogP contribution in [0.2, 0.25) is 0 Å². The Morgan fingerprint density at radius 2 is 1.82 bits per heavy atom. The topological polar surface area (TPSA) is 43.4 Å². The van der Waals surface area contributed by atoms with Gasteiger partial charge in [-0.15, -0.1) is 11.8 Å². The molecule has 0 aliphatic heterocycles. The van der Waals surface area contributed by atoms with Gasteiger partial charge in [-0.05, 0) is 30.7 Å².